The van der Waals surface area contributed by atoms with Crippen LogP contribution in [0.1, 0.15) is 63.5 Å². The van der Waals surface area contributed by atoms with Gasteiger partial charge in [0.1, 0.15) is 5.75 Å². The highest BCUT2D eigenvalue weighted by Crippen LogP contribution is 2.27. The number of amides is 1. The van der Waals surface area contributed by atoms with E-state index in [2.05, 4.69) is 44.3 Å². The van der Waals surface area contributed by atoms with Crippen molar-refractivity contribution >= 4 is 11.6 Å². The zero-order chi connectivity index (χ0) is 16.8. The molecule has 0 heterocycles. The van der Waals surface area contributed by atoms with Crippen molar-refractivity contribution in [2.75, 3.05) is 6.61 Å². The number of carbonyl (C=O) groups excluding carboxylic acids is 1. The summed E-state index contributed by atoms with van der Waals surface area (Å²) in [4.78, 5) is 12.0. The summed E-state index contributed by atoms with van der Waals surface area (Å²) >= 11 is 0. The number of carbonyl (C=O) groups is 1. The molecule has 0 aliphatic heterocycles. The van der Waals surface area contributed by atoms with Crippen LogP contribution in [0, 0.1) is 12.8 Å². The van der Waals surface area contributed by atoms with E-state index in [1.54, 1.807) is 0 Å². The number of nitrogens with one attached hydrogen (secondary N) is 1. The largest absolute Gasteiger partial charge is 0.483 e. The molecule has 0 radical (unpaired) electrons. The highest BCUT2D eigenvalue weighted by Gasteiger charge is 2.16. The van der Waals surface area contributed by atoms with Crippen LogP contribution in [0.25, 0.3) is 0 Å². The Labute approximate surface area is 139 Å². The quantitative estimate of drug-likeness (QED) is 0.829. The van der Waals surface area contributed by atoms with Crippen molar-refractivity contribution in [3.05, 3.63) is 29.3 Å². The predicted octanol–water partition coefficient (Wildman–Crippen LogP) is 4.18. The normalized spacial score (nSPS) is 19.9. The van der Waals surface area contributed by atoms with Gasteiger partial charge in [0.05, 0.1) is 0 Å². The van der Waals surface area contributed by atoms with Crippen LogP contribution in [-0.2, 0) is 4.79 Å². The molecule has 4 heteroatoms. The summed E-state index contributed by atoms with van der Waals surface area (Å²) in [5.41, 5.74) is 6.06. The van der Waals surface area contributed by atoms with Crippen LogP contribution in [0.3, 0.4) is 0 Å². The molecule has 1 aliphatic rings. The maximum atomic E-state index is 12.0. The summed E-state index contributed by atoms with van der Waals surface area (Å²) in [6.45, 7) is 8.47. The third kappa shape index (κ3) is 5.08. The van der Waals surface area contributed by atoms with Crippen molar-refractivity contribution in [1.82, 2.24) is 5.43 Å². The summed E-state index contributed by atoms with van der Waals surface area (Å²) in [5.74, 6) is 1.40. The van der Waals surface area contributed by atoms with Gasteiger partial charge in [0.25, 0.3) is 5.91 Å². The van der Waals surface area contributed by atoms with Crippen molar-refractivity contribution in [3.63, 3.8) is 0 Å². The number of hydrogen-bond acceptors (Lipinski definition) is 3. The molecule has 1 aromatic rings. The number of hydrazone groups is 1. The third-order valence-electron chi connectivity index (χ3n) is 4.36. The second-order valence-electron chi connectivity index (χ2n) is 6.77. The highest BCUT2D eigenvalue weighted by molar-refractivity contribution is 5.88. The van der Waals surface area contributed by atoms with E-state index in [0.717, 1.165) is 36.3 Å². The molecule has 0 unspecified atom stereocenters. The molecular formula is C19H28N2O2. The van der Waals surface area contributed by atoms with Crippen LogP contribution >= 0.6 is 0 Å². The van der Waals surface area contributed by atoms with Crippen LogP contribution < -0.4 is 10.2 Å². The minimum Gasteiger partial charge on any atom is -0.483 e. The maximum absolute atomic E-state index is 12.0. The Morgan fingerprint density at radius 1 is 1.39 bits per heavy atom. The Balaban J connectivity index is 1.91. The van der Waals surface area contributed by atoms with Gasteiger partial charge in [0.15, 0.2) is 6.61 Å². The first kappa shape index (κ1) is 17.5. The van der Waals surface area contributed by atoms with Crippen LogP contribution in [0.2, 0.25) is 0 Å². The fraction of sp³-hybridized carbons (Fsp3) is 0.579. The number of hydrogen-bond donors (Lipinski definition) is 1. The lowest BCUT2D eigenvalue weighted by molar-refractivity contribution is -0.123. The fourth-order valence-corrected chi connectivity index (χ4v) is 2.90. The van der Waals surface area contributed by atoms with Gasteiger partial charge in [-0.25, -0.2) is 5.43 Å². The van der Waals surface area contributed by atoms with E-state index in [-0.39, 0.29) is 12.5 Å². The van der Waals surface area contributed by atoms with Crippen LogP contribution in [0.15, 0.2) is 23.3 Å². The molecule has 0 bridgehead atoms. The zero-order valence-corrected chi connectivity index (χ0v) is 14.7. The molecule has 1 aliphatic carbocycles. The first-order chi connectivity index (χ1) is 11.0. The Kier molecular flexibility index (Phi) is 6.20. The molecule has 1 fully saturated rings. The van der Waals surface area contributed by atoms with Gasteiger partial charge < -0.3 is 4.74 Å². The van der Waals surface area contributed by atoms with Crippen molar-refractivity contribution in [2.45, 2.75) is 59.3 Å². The van der Waals surface area contributed by atoms with E-state index < -0.39 is 0 Å². The lowest BCUT2D eigenvalue weighted by Crippen LogP contribution is -2.28. The average Bonchev–Trinajstić information content (AvgIpc) is 2.52. The number of rotatable bonds is 5. The smallest absolute Gasteiger partial charge is 0.277 e. The Morgan fingerprint density at radius 2 is 2.17 bits per heavy atom. The van der Waals surface area contributed by atoms with E-state index in [9.17, 15) is 4.79 Å². The minimum atomic E-state index is -0.203. The van der Waals surface area contributed by atoms with Gasteiger partial charge in [-0.1, -0.05) is 44.9 Å². The van der Waals surface area contributed by atoms with Gasteiger partial charge in [-0.2, -0.15) is 5.10 Å². The summed E-state index contributed by atoms with van der Waals surface area (Å²) in [5, 5.41) is 4.29. The minimum absolute atomic E-state index is 0.00601. The van der Waals surface area contributed by atoms with Crippen molar-refractivity contribution in [1.29, 1.82) is 0 Å². The van der Waals surface area contributed by atoms with E-state index in [4.69, 9.17) is 4.74 Å². The molecule has 23 heavy (non-hydrogen) atoms. The topological polar surface area (TPSA) is 50.7 Å². The van der Waals surface area contributed by atoms with E-state index in [0.29, 0.717) is 11.8 Å². The number of benzene rings is 1. The first-order valence-corrected chi connectivity index (χ1v) is 8.56. The SMILES string of the molecule is Cc1ccc(OCC(=O)N/N=C2/CCCC[C@@H]2C)c(C(C)C)c1. The van der Waals surface area contributed by atoms with Gasteiger partial charge >= 0.3 is 0 Å². The van der Waals surface area contributed by atoms with Crippen molar-refractivity contribution in [2.24, 2.45) is 11.0 Å². The van der Waals surface area contributed by atoms with Crippen LogP contribution in [0.5, 0.6) is 5.75 Å². The fourth-order valence-electron chi connectivity index (χ4n) is 2.90. The lowest BCUT2D eigenvalue weighted by atomic mass is 9.89. The molecule has 1 atom stereocenters. The number of ether oxygens (including phenoxy) is 1. The molecule has 1 N–H and O–H groups in total. The molecule has 0 spiro atoms. The predicted molar refractivity (Wildman–Crippen MR) is 94.0 cm³/mol. The summed E-state index contributed by atoms with van der Waals surface area (Å²) in [7, 11) is 0. The lowest BCUT2D eigenvalue weighted by Gasteiger charge is -2.20. The monoisotopic (exact) mass is 316 g/mol. The van der Waals surface area contributed by atoms with E-state index in [1.165, 1.54) is 12.0 Å². The Morgan fingerprint density at radius 3 is 2.87 bits per heavy atom. The van der Waals surface area contributed by atoms with Crippen molar-refractivity contribution in [3.8, 4) is 5.75 Å². The standard InChI is InChI=1S/C19H28N2O2/c1-13(2)16-11-14(3)9-10-18(16)23-12-19(22)21-20-17-8-6-5-7-15(17)4/h9-11,13,15H,5-8,12H2,1-4H3,(H,21,22)/b20-17-/t15-/m0/s1. The summed E-state index contributed by atoms with van der Waals surface area (Å²) in [6, 6.07) is 6.05. The van der Waals surface area contributed by atoms with E-state index >= 15 is 0 Å². The summed E-state index contributed by atoms with van der Waals surface area (Å²) in [6.07, 6.45) is 4.56. The Hall–Kier alpha value is -1.84. The highest BCUT2D eigenvalue weighted by atomic mass is 16.5. The molecule has 2 rings (SSSR count). The molecule has 126 valence electrons. The molecule has 1 saturated carbocycles. The average molecular weight is 316 g/mol. The third-order valence-corrected chi connectivity index (χ3v) is 4.36. The molecular weight excluding hydrogens is 288 g/mol. The van der Waals surface area contributed by atoms with Crippen molar-refractivity contribution < 1.29 is 9.53 Å². The zero-order valence-electron chi connectivity index (χ0n) is 14.7. The van der Waals surface area contributed by atoms with Gasteiger partial charge in [-0.05, 0) is 49.7 Å². The first-order valence-electron chi connectivity index (χ1n) is 8.56. The van der Waals surface area contributed by atoms with Gasteiger partial charge in [0.2, 0.25) is 0 Å². The Bertz CT molecular complexity index is 579. The molecule has 0 saturated heterocycles. The number of aryl methyl sites for hydroxylation is 1. The molecule has 0 aromatic heterocycles. The second kappa shape index (κ2) is 8.14. The van der Waals surface area contributed by atoms with Crippen LogP contribution in [-0.4, -0.2) is 18.2 Å². The van der Waals surface area contributed by atoms with Gasteiger partial charge in [0, 0.05) is 5.71 Å². The maximum Gasteiger partial charge on any atom is 0.277 e. The van der Waals surface area contributed by atoms with Crippen LogP contribution in [0.4, 0.5) is 0 Å². The second-order valence-corrected chi connectivity index (χ2v) is 6.77. The molecule has 1 aromatic carbocycles. The number of nitrogens with zero attached hydrogens (tertiary/aromatic N) is 1. The van der Waals surface area contributed by atoms with Gasteiger partial charge in [-0.3, -0.25) is 4.79 Å². The van der Waals surface area contributed by atoms with Gasteiger partial charge in [-0.15, -0.1) is 0 Å². The molecule has 1 amide bonds. The molecule has 4 nitrogen and oxygen atoms in total. The van der Waals surface area contributed by atoms with E-state index in [1.807, 2.05) is 12.1 Å². The summed E-state index contributed by atoms with van der Waals surface area (Å²) < 4.78 is 5.70.